The van der Waals surface area contributed by atoms with E-state index in [2.05, 4.69) is 11.1 Å². The third-order valence-electron chi connectivity index (χ3n) is 7.18. The van der Waals surface area contributed by atoms with Crippen molar-refractivity contribution in [2.75, 3.05) is 20.3 Å². The van der Waals surface area contributed by atoms with Gasteiger partial charge in [-0.2, -0.15) is 0 Å². The summed E-state index contributed by atoms with van der Waals surface area (Å²) in [6, 6.07) is 11.7. The Morgan fingerprint density at radius 3 is 2.73 bits per heavy atom. The summed E-state index contributed by atoms with van der Waals surface area (Å²) < 4.78 is 21.0. The van der Waals surface area contributed by atoms with E-state index < -0.39 is 11.5 Å². The number of amides is 1. The van der Waals surface area contributed by atoms with E-state index >= 15 is 0 Å². The number of rotatable bonds is 6. The summed E-state index contributed by atoms with van der Waals surface area (Å²) in [4.78, 5) is 19.8. The summed E-state index contributed by atoms with van der Waals surface area (Å²) in [5, 5.41) is 10.1. The van der Waals surface area contributed by atoms with Gasteiger partial charge in [-0.25, -0.2) is 9.37 Å². The van der Waals surface area contributed by atoms with Gasteiger partial charge in [0.05, 0.1) is 42.9 Å². The number of imidazole rings is 1. The normalized spacial score (nSPS) is 23.1. The minimum Gasteiger partial charge on any atom is -0.495 e. The molecule has 1 spiro atoms. The second kappa shape index (κ2) is 8.30. The molecule has 2 heterocycles. The molecule has 1 saturated carbocycles. The quantitative estimate of drug-likeness (QED) is 0.614. The van der Waals surface area contributed by atoms with Gasteiger partial charge in [-0.15, -0.1) is 0 Å². The van der Waals surface area contributed by atoms with E-state index in [1.54, 1.807) is 30.5 Å². The lowest BCUT2D eigenvalue weighted by atomic mass is 9.87. The minimum absolute atomic E-state index is 0.0791. The minimum atomic E-state index is -0.460. The van der Waals surface area contributed by atoms with E-state index in [1.807, 2.05) is 29.8 Å². The molecule has 1 aliphatic heterocycles. The van der Waals surface area contributed by atoms with Crippen LogP contribution in [-0.4, -0.2) is 45.7 Å². The van der Waals surface area contributed by atoms with E-state index in [4.69, 9.17) is 4.74 Å². The molecule has 2 aromatic carbocycles. The Kier molecular flexibility index (Phi) is 5.44. The molecule has 3 unspecified atom stereocenters. The molecule has 1 saturated heterocycles. The Balaban J connectivity index is 1.40. The first-order valence-corrected chi connectivity index (χ1v) is 11.3. The fourth-order valence-corrected chi connectivity index (χ4v) is 5.36. The second-order valence-electron chi connectivity index (χ2n) is 9.12. The first-order valence-electron chi connectivity index (χ1n) is 11.3. The number of aliphatic hydroxyl groups is 1. The lowest BCUT2D eigenvalue weighted by molar-refractivity contribution is -0.144. The van der Waals surface area contributed by atoms with Gasteiger partial charge in [0.1, 0.15) is 11.6 Å². The summed E-state index contributed by atoms with van der Waals surface area (Å²) in [5.74, 6) is 0.609. The molecule has 3 aromatic rings. The van der Waals surface area contributed by atoms with Crippen LogP contribution in [0.15, 0.2) is 55.0 Å². The van der Waals surface area contributed by atoms with Crippen LogP contribution in [0.3, 0.4) is 0 Å². The summed E-state index contributed by atoms with van der Waals surface area (Å²) in [6.45, 7) is 2.35. The summed E-state index contributed by atoms with van der Waals surface area (Å²) >= 11 is 0. The topological polar surface area (TPSA) is 67.6 Å². The van der Waals surface area contributed by atoms with Crippen LogP contribution in [0.5, 0.6) is 5.75 Å². The van der Waals surface area contributed by atoms with Crippen molar-refractivity contribution in [1.82, 2.24) is 14.5 Å². The number of hydrogen-bond donors (Lipinski definition) is 1. The van der Waals surface area contributed by atoms with Crippen LogP contribution >= 0.6 is 0 Å². The highest BCUT2D eigenvalue weighted by Crippen LogP contribution is 2.65. The van der Waals surface area contributed by atoms with Gasteiger partial charge in [0, 0.05) is 12.7 Å². The predicted molar refractivity (Wildman–Crippen MR) is 122 cm³/mol. The molecular weight excluding hydrogens is 421 g/mol. The van der Waals surface area contributed by atoms with Gasteiger partial charge in [-0.1, -0.05) is 18.2 Å². The Labute approximate surface area is 192 Å². The van der Waals surface area contributed by atoms with E-state index in [1.165, 1.54) is 12.1 Å². The van der Waals surface area contributed by atoms with Gasteiger partial charge in [0.15, 0.2) is 0 Å². The zero-order chi connectivity index (χ0) is 23.2. The number of ether oxygens (including phenoxy) is 1. The largest absolute Gasteiger partial charge is 0.495 e. The molecular formula is C26H28FN3O3. The molecule has 5 rings (SSSR count). The van der Waals surface area contributed by atoms with Crippen molar-refractivity contribution >= 4 is 5.91 Å². The molecule has 172 valence electrons. The molecule has 1 N–H and O–H groups in total. The highest BCUT2D eigenvalue weighted by Gasteiger charge is 2.63. The van der Waals surface area contributed by atoms with Gasteiger partial charge in [-0.3, -0.25) is 4.79 Å². The summed E-state index contributed by atoms with van der Waals surface area (Å²) in [7, 11) is 1.65. The molecule has 2 fully saturated rings. The molecule has 1 aromatic heterocycles. The monoisotopic (exact) mass is 449 g/mol. The summed E-state index contributed by atoms with van der Waals surface area (Å²) in [5.41, 5.74) is 3.23. The lowest BCUT2D eigenvalue weighted by Gasteiger charge is -2.38. The highest BCUT2D eigenvalue weighted by atomic mass is 19.1. The Hall–Kier alpha value is -3.19. The van der Waals surface area contributed by atoms with Gasteiger partial charge in [-0.05, 0) is 67.5 Å². The molecule has 0 radical (unpaired) electrons. The van der Waals surface area contributed by atoms with Crippen LogP contribution < -0.4 is 4.74 Å². The van der Waals surface area contributed by atoms with Crippen LogP contribution in [-0.2, 0) is 4.79 Å². The van der Waals surface area contributed by atoms with Crippen molar-refractivity contribution in [2.24, 2.45) is 5.41 Å². The van der Waals surface area contributed by atoms with Gasteiger partial charge in [0.2, 0.25) is 5.91 Å². The van der Waals surface area contributed by atoms with Crippen LogP contribution in [0.25, 0.3) is 5.69 Å². The number of benzene rings is 2. The summed E-state index contributed by atoms with van der Waals surface area (Å²) in [6.07, 6.45) is 6.21. The third-order valence-corrected chi connectivity index (χ3v) is 7.18. The van der Waals surface area contributed by atoms with Gasteiger partial charge in [0.25, 0.3) is 0 Å². The van der Waals surface area contributed by atoms with Gasteiger partial charge < -0.3 is 19.3 Å². The first kappa shape index (κ1) is 21.6. The van der Waals surface area contributed by atoms with Gasteiger partial charge >= 0.3 is 0 Å². The maximum Gasteiger partial charge on any atom is 0.230 e. The van der Waals surface area contributed by atoms with E-state index in [-0.39, 0.29) is 24.2 Å². The first-order chi connectivity index (χ1) is 16.0. The van der Waals surface area contributed by atoms with E-state index in [0.717, 1.165) is 47.5 Å². The zero-order valence-electron chi connectivity index (χ0n) is 18.9. The van der Waals surface area contributed by atoms with Crippen molar-refractivity contribution in [3.8, 4) is 11.4 Å². The average molecular weight is 450 g/mol. The van der Waals surface area contributed by atoms with Crippen LogP contribution in [0.4, 0.5) is 4.39 Å². The molecule has 2 aliphatic rings. The van der Waals surface area contributed by atoms with Crippen molar-refractivity contribution in [2.45, 2.75) is 38.1 Å². The molecule has 0 bridgehead atoms. The van der Waals surface area contributed by atoms with Crippen molar-refractivity contribution in [1.29, 1.82) is 0 Å². The Morgan fingerprint density at radius 2 is 2.06 bits per heavy atom. The Morgan fingerprint density at radius 1 is 1.27 bits per heavy atom. The van der Waals surface area contributed by atoms with Crippen LogP contribution in [0, 0.1) is 18.2 Å². The zero-order valence-corrected chi connectivity index (χ0v) is 18.9. The number of hydrogen-bond acceptors (Lipinski definition) is 4. The molecule has 6 nitrogen and oxygen atoms in total. The van der Waals surface area contributed by atoms with E-state index in [9.17, 15) is 14.3 Å². The fourth-order valence-electron chi connectivity index (χ4n) is 5.36. The number of carbonyl (C=O) groups excluding carboxylic acids is 1. The molecule has 1 amide bonds. The smallest absolute Gasteiger partial charge is 0.230 e. The van der Waals surface area contributed by atoms with Crippen molar-refractivity contribution in [3.63, 3.8) is 0 Å². The number of piperidine rings is 1. The second-order valence-corrected chi connectivity index (χ2v) is 9.12. The SMILES string of the molecule is COc1cc(C2CC23CCCN(C(CO)c2ccc(F)cc2)C3=O)ccc1-n1cnc(C)c1. The highest BCUT2D eigenvalue weighted by molar-refractivity contribution is 5.88. The molecule has 1 aliphatic carbocycles. The number of likely N-dealkylation sites (tertiary alicyclic amines) is 1. The predicted octanol–water partition coefficient (Wildman–Crippen LogP) is 4.16. The number of aliphatic hydroxyl groups excluding tert-OH is 1. The average Bonchev–Trinajstić information content (AvgIpc) is 3.39. The lowest BCUT2D eigenvalue weighted by Crippen LogP contribution is -2.46. The Bertz CT molecular complexity index is 1180. The number of aromatic nitrogens is 2. The van der Waals surface area contributed by atoms with Crippen molar-refractivity contribution < 1.29 is 19.0 Å². The van der Waals surface area contributed by atoms with E-state index in [0.29, 0.717) is 6.54 Å². The maximum atomic E-state index is 13.7. The molecule has 7 heteroatoms. The van der Waals surface area contributed by atoms with Crippen LogP contribution in [0.2, 0.25) is 0 Å². The third kappa shape index (κ3) is 3.70. The standard InChI is InChI=1S/C26H28FN3O3/c1-17-14-29(16-28-17)22-9-6-19(12-24(22)33-2)21-13-26(21)10-3-11-30(25(26)32)23(15-31)18-4-7-20(27)8-5-18/h4-9,12,14,16,21,23,31H,3,10-11,13,15H2,1-2H3. The number of halogens is 1. The number of methoxy groups -OCH3 is 1. The van der Waals surface area contributed by atoms with Crippen LogP contribution in [0.1, 0.15) is 48.0 Å². The van der Waals surface area contributed by atoms with Crippen molar-refractivity contribution in [3.05, 3.63) is 77.6 Å². The number of nitrogens with zero attached hydrogens (tertiary/aromatic N) is 3. The fraction of sp³-hybridized carbons (Fsp3) is 0.385. The number of carbonyl (C=O) groups is 1. The molecule has 3 atom stereocenters. The maximum absolute atomic E-state index is 13.7. The molecule has 33 heavy (non-hydrogen) atoms. The number of aryl methyl sites for hydroxylation is 1.